The molecule has 0 spiro atoms. The standard InChI is InChI=1S/C9H10N6O/c1-6-4-12-15(5-6)9-11-3-2-7(13-9)8(10)14-16/h2-5,16H,1H3,(H2,10,14). The molecule has 0 saturated carbocycles. The van der Waals surface area contributed by atoms with Crippen LogP contribution in [-0.2, 0) is 0 Å². The van der Waals surface area contributed by atoms with Crippen molar-refractivity contribution < 1.29 is 5.21 Å². The quantitative estimate of drug-likeness (QED) is 0.321. The van der Waals surface area contributed by atoms with Gasteiger partial charge in [0.15, 0.2) is 5.84 Å². The van der Waals surface area contributed by atoms with Crippen molar-refractivity contribution in [3.8, 4) is 5.95 Å². The smallest absolute Gasteiger partial charge is 0.251 e. The minimum atomic E-state index is -0.0625. The Morgan fingerprint density at radius 3 is 3.00 bits per heavy atom. The van der Waals surface area contributed by atoms with Gasteiger partial charge < -0.3 is 10.9 Å². The second-order valence-corrected chi connectivity index (χ2v) is 3.19. The maximum absolute atomic E-state index is 8.53. The van der Waals surface area contributed by atoms with Crippen molar-refractivity contribution in [3.63, 3.8) is 0 Å². The summed E-state index contributed by atoms with van der Waals surface area (Å²) in [7, 11) is 0. The lowest BCUT2D eigenvalue weighted by atomic mass is 10.4. The SMILES string of the molecule is Cc1cnn(-c2nccc(/C(N)=N/O)n2)c1. The Labute approximate surface area is 91.2 Å². The van der Waals surface area contributed by atoms with Gasteiger partial charge in [-0.15, -0.1) is 0 Å². The van der Waals surface area contributed by atoms with Crippen molar-refractivity contribution >= 4 is 5.84 Å². The van der Waals surface area contributed by atoms with Gasteiger partial charge >= 0.3 is 0 Å². The largest absolute Gasteiger partial charge is 0.409 e. The molecule has 82 valence electrons. The molecule has 0 aliphatic carbocycles. The number of nitrogens with zero attached hydrogens (tertiary/aromatic N) is 5. The van der Waals surface area contributed by atoms with Gasteiger partial charge in [0, 0.05) is 12.4 Å². The number of oxime groups is 1. The molecule has 0 aromatic carbocycles. The Hall–Kier alpha value is -2.44. The molecule has 0 fully saturated rings. The molecule has 0 aliphatic heterocycles. The molecule has 0 saturated heterocycles. The van der Waals surface area contributed by atoms with Gasteiger partial charge in [0.25, 0.3) is 5.95 Å². The van der Waals surface area contributed by atoms with E-state index < -0.39 is 0 Å². The average molecular weight is 218 g/mol. The van der Waals surface area contributed by atoms with Crippen LogP contribution in [0.25, 0.3) is 5.95 Å². The summed E-state index contributed by atoms with van der Waals surface area (Å²) in [6, 6.07) is 1.55. The first-order chi connectivity index (χ1) is 7.70. The lowest BCUT2D eigenvalue weighted by Crippen LogP contribution is -2.16. The van der Waals surface area contributed by atoms with Crippen molar-refractivity contribution in [1.29, 1.82) is 0 Å². The Balaban J connectivity index is 2.43. The van der Waals surface area contributed by atoms with Crippen molar-refractivity contribution in [1.82, 2.24) is 19.7 Å². The number of nitrogens with two attached hydrogens (primary N) is 1. The molecule has 2 aromatic heterocycles. The van der Waals surface area contributed by atoms with Crippen LogP contribution >= 0.6 is 0 Å². The van der Waals surface area contributed by atoms with Crippen LogP contribution < -0.4 is 5.73 Å². The number of aromatic nitrogens is 4. The monoisotopic (exact) mass is 218 g/mol. The van der Waals surface area contributed by atoms with E-state index in [1.165, 1.54) is 10.9 Å². The van der Waals surface area contributed by atoms with Gasteiger partial charge in [0.1, 0.15) is 5.69 Å². The van der Waals surface area contributed by atoms with E-state index in [1.54, 1.807) is 18.5 Å². The predicted octanol–water partition coefficient (Wildman–Crippen LogP) is 0.0652. The molecule has 0 unspecified atom stereocenters. The van der Waals surface area contributed by atoms with Crippen LogP contribution in [0.2, 0.25) is 0 Å². The summed E-state index contributed by atoms with van der Waals surface area (Å²) in [5.74, 6) is 0.310. The molecule has 16 heavy (non-hydrogen) atoms. The van der Waals surface area contributed by atoms with Gasteiger partial charge in [0.2, 0.25) is 0 Å². The van der Waals surface area contributed by atoms with E-state index in [1.807, 2.05) is 6.92 Å². The second kappa shape index (κ2) is 3.97. The van der Waals surface area contributed by atoms with Gasteiger partial charge in [-0.3, -0.25) is 0 Å². The normalized spacial score (nSPS) is 11.7. The Morgan fingerprint density at radius 1 is 1.56 bits per heavy atom. The van der Waals surface area contributed by atoms with E-state index in [9.17, 15) is 0 Å². The molecule has 0 aliphatic rings. The Kier molecular flexibility index (Phi) is 2.50. The highest BCUT2D eigenvalue weighted by molar-refractivity contribution is 5.95. The van der Waals surface area contributed by atoms with E-state index in [-0.39, 0.29) is 5.84 Å². The molecule has 0 atom stereocenters. The van der Waals surface area contributed by atoms with Crippen LogP contribution in [0, 0.1) is 6.92 Å². The van der Waals surface area contributed by atoms with Crippen LogP contribution in [0.4, 0.5) is 0 Å². The molecule has 2 rings (SSSR count). The fraction of sp³-hybridized carbons (Fsp3) is 0.111. The highest BCUT2D eigenvalue weighted by Crippen LogP contribution is 2.02. The van der Waals surface area contributed by atoms with E-state index in [0.29, 0.717) is 11.6 Å². The maximum atomic E-state index is 8.53. The third-order valence-corrected chi connectivity index (χ3v) is 1.93. The summed E-state index contributed by atoms with van der Waals surface area (Å²) in [6.45, 7) is 1.91. The van der Waals surface area contributed by atoms with Gasteiger partial charge in [-0.2, -0.15) is 5.10 Å². The zero-order valence-electron chi connectivity index (χ0n) is 8.57. The predicted molar refractivity (Wildman–Crippen MR) is 56.4 cm³/mol. The van der Waals surface area contributed by atoms with Crippen LogP contribution in [0.3, 0.4) is 0 Å². The van der Waals surface area contributed by atoms with E-state index >= 15 is 0 Å². The maximum Gasteiger partial charge on any atom is 0.251 e. The van der Waals surface area contributed by atoms with E-state index in [0.717, 1.165) is 5.56 Å². The van der Waals surface area contributed by atoms with Crippen LogP contribution in [-0.4, -0.2) is 30.8 Å². The average Bonchev–Trinajstić information content (AvgIpc) is 2.75. The van der Waals surface area contributed by atoms with Gasteiger partial charge in [-0.25, -0.2) is 14.6 Å². The first-order valence-electron chi connectivity index (χ1n) is 4.53. The molecular formula is C9H10N6O. The summed E-state index contributed by atoms with van der Waals surface area (Å²) >= 11 is 0. The van der Waals surface area contributed by atoms with Crippen molar-refractivity contribution in [2.45, 2.75) is 6.92 Å². The third-order valence-electron chi connectivity index (χ3n) is 1.93. The summed E-state index contributed by atoms with van der Waals surface area (Å²) in [4.78, 5) is 8.14. The summed E-state index contributed by atoms with van der Waals surface area (Å²) in [5, 5.41) is 15.5. The first kappa shape index (κ1) is 10.1. The molecule has 3 N–H and O–H groups in total. The zero-order valence-corrected chi connectivity index (χ0v) is 8.57. The molecule has 0 radical (unpaired) electrons. The lowest BCUT2D eigenvalue weighted by molar-refractivity contribution is 0.318. The number of rotatable bonds is 2. The Morgan fingerprint density at radius 2 is 2.38 bits per heavy atom. The third kappa shape index (κ3) is 1.83. The number of aryl methyl sites for hydroxylation is 1. The summed E-state index contributed by atoms with van der Waals surface area (Å²) in [6.07, 6.45) is 5.00. The van der Waals surface area contributed by atoms with Crippen LogP contribution in [0.1, 0.15) is 11.3 Å². The molecule has 0 bridgehead atoms. The summed E-state index contributed by atoms with van der Waals surface area (Å²) in [5.41, 5.74) is 6.77. The minimum absolute atomic E-state index is 0.0625. The summed E-state index contributed by atoms with van der Waals surface area (Å²) < 4.78 is 1.52. The molecule has 0 amide bonds. The van der Waals surface area contributed by atoms with Gasteiger partial charge in [-0.1, -0.05) is 5.16 Å². The highest BCUT2D eigenvalue weighted by Gasteiger charge is 2.05. The van der Waals surface area contributed by atoms with Crippen molar-refractivity contribution in [2.75, 3.05) is 0 Å². The van der Waals surface area contributed by atoms with Crippen molar-refractivity contribution in [3.05, 3.63) is 35.9 Å². The minimum Gasteiger partial charge on any atom is -0.409 e. The molecule has 7 nitrogen and oxygen atoms in total. The van der Waals surface area contributed by atoms with E-state index in [2.05, 4.69) is 20.2 Å². The first-order valence-corrected chi connectivity index (χ1v) is 4.53. The van der Waals surface area contributed by atoms with Crippen LogP contribution in [0.5, 0.6) is 0 Å². The van der Waals surface area contributed by atoms with Crippen LogP contribution in [0.15, 0.2) is 29.8 Å². The van der Waals surface area contributed by atoms with E-state index in [4.69, 9.17) is 10.9 Å². The number of hydrogen-bond donors (Lipinski definition) is 2. The molecular weight excluding hydrogens is 208 g/mol. The highest BCUT2D eigenvalue weighted by atomic mass is 16.4. The topological polar surface area (TPSA) is 102 Å². The fourth-order valence-electron chi connectivity index (χ4n) is 1.17. The second-order valence-electron chi connectivity index (χ2n) is 3.19. The molecule has 2 heterocycles. The zero-order chi connectivity index (χ0) is 11.5. The number of amidine groups is 1. The van der Waals surface area contributed by atoms with Crippen molar-refractivity contribution in [2.24, 2.45) is 10.9 Å². The fourth-order valence-corrected chi connectivity index (χ4v) is 1.17. The molecule has 2 aromatic rings. The Bertz CT molecular complexity index is 532. The molecule has 7 heteroatoms. The number of hydrogen-bond acceptors (Lipinski definition) is 5. The van der Waals surface area contributed by atoms with Gasteiger partial charge in [0.05, 0.1) is 6.20 Å². The lowest BCUT2D eigenvalue weighted by Gasteiger charge is -2.01. The van der Waals surface area contributed by atoms with Gasteiger partial charge in [-0.05, 0) is 18.6 Å².